The number of benzene rings is 1. The Bertz CT molecular complexity index is 487. The summed E-state index contributed by atoms with van der Waals surface area (Å²) in [6, 6.07) is 6.45. The Hall–Kier alpha value is -1.66. The van der Waals surface area contributed by atoms with Gasteiger partial charge in [-0.15, -0.1) is 12.4 Å². The minimum absolute atomic E-state index is 0. The van der Waals surface area contributed by atoms with Crippen molar-refractivity contribution in [2.45, 2.75) is 25.7 Å². The summed E-state index contributed by atoms with van der Waals surface area (Å²) in [6.45, 7) is 2.57. The lowest BCUT2D eigenvalue weighted by molar-refractivity contribution is -0.384. The molecule has 1 aliphatic heterocycles. The van der Waals surface area contributed by atoms with Gasteiger partial charge in [0.15, 0.2) is 0 Å². The third kappa shape index (κ3) is 5.99. The van der Waals surface area contributed by atoms with E-state index in [-0.39, 0.29) is 24.0 Å². The fourth-order valence-corrected chi connectivity index (χ4v) is 2.55. The fraction of sp³-hybridized carbons (Fsp3) is 0.533. The highest BCUT2D eigenvalue weighted by atomic mass is 35.5. The number of rotatable bonds is 6. The van der Waals surface area contributed by atoms with Crippen molar-refractivity contribution < 1.29 is 9.72 Å². The van der Waals surface area contributed by atoms with Gasteiger partial charge in [-0.05, 0) is 43.8 Å². The van der Waals surface area contributed by atoms with E-state index in [4.69, 9.17) is 0 Å². The van der Waals surface area contributed by atoms with E-state index in [0.717, 1.165) is 31.5 Å². The molecule has 1 fully saturated rings. The van der Waals surface area contributed by atoms with Crippen LogP contribution in [0.3, 0.4) is 0 Å². The molecule has 1 amide bonds. The first kappa shape index (κ1) is 18.4. The van der Waals surface area contributed by atoms with Gasteiger partial charge in [-0.2, -0.15) is 0 Å². The molecule has 0 saturated carbocycles. The van der Waals surface area contributed by atoms with E-state index in [0.29, 0.717) is 25.3 Å². The van der Waals surface area contributed by atoms with Crippen LogP contribution in [0.15, 0.2) is 24.3 Å². The molecule has 6 nitrogen and oxygen atoms in total. The standard InChI is InChI=1S/C15H21N3O3.ClH/c19-15(11-13-5-8-16-9-6-13)17-10-7-12-1-3-14(4-2-12)18(20)21;/h1-4,13,16H,5-11H2,(H,17,19);1H. The van der Waals surface area contributed by atoms with E-state index in [2.05, 4.69) is 10.6 Å². The molecule has 0 bridgehead atoms. The first-order valence-electron chi connectivity index (χ1n) is 7.36. The molecule has 2 N–H and O–H groups in total. The third-order valence-corrected chi connectivity index (χ3v) is 3.82. The molecule has 1 heterocycles. The predicted octanol–water partition coefficient (Wildman–Crippen LogP) is 2.06. The second-order valence-corrected chi connectivity index (χ2v) is 5.42. The van der Waals surface area contributed by atoms with Crippen LogP contribution in [0.4, 0.5) is 5.69 Å². The first-order valence-corrected chi connectivity index (χ1v) is 7.36. The Labute approximate surface area is 136 Å². The van der Waals surface area contributed by atoms with Crippen LogP contribution in [0, 0.1) is 16.0 Å². The molecule has 22 heavy (non-hydrogen) atoms. The van der Waals surface area contributed by atoms with Crippen molar-refractivity contribution >= 4 is 24.0 Å². The Morgan fingerprint density at radius 2 is 1.91 bits per heavy atom. The van der Waals surface area contributed by atoms with E-state index in [1.165, 1.54) is 12.1 Å². The molecule has 122 valence electrons. The van der Waals surface area contributed by atoms with Gasteiger partial charge in [-0.1, -0.05) is 12.1 Å². The maximum absolute atomic E-state index is 11.8. The highest BCUT2D eigenvalue weighted by Gasteiger charge is 2.16. The van der Waals surface area contributed by atoms with Gasteiger partial charge in [0, 0.05) is 25.1 Å². The molecule has 0 radical (unpaired) electrons. The molecule has 2 rings (SSSR count). The van der Waals surface area contributed by atoms with Crippen molar-refractivity contribution in [3.8, 4) is 0 Å². The van der Waals surface area contributed by atoms with Crippen molar-refractivity contribution in [2.24, 2.45) is 5.92 Å². The number of amides is 1. The molecule has 0 aliphatic carbocycles. The number of nitro groups is 1. The maximum atomic E-state index is 11.8. The number of carbonyl (C=O) groups excluding carboxylic acids is 1. The summed E-state index contributed by atoms with van der Waals surface area (Å²) in [4.78, 5) is 22.0. The van der Waals surface area contributed by atoms with Gasteiger partial charge in [0.2, 0.25) is 5.91 Å². The molecule has 7 heteroatoms. The molecule has 0 unspecified atom stereocenters. The van der Waals surface area contributed by atoms with Gasteiger partial charge < -0.3 is 10.6 Å². The zero-order chi connectivity index (χ0) is 15.1. The normalized spacial score (nSPS) is 14.9. The van der Waals surface area contributed by atoms with E-state index in [9.17, 15) is 14.9 Å². The Kier molecular flexibility index (Phi) is 7.84. The van der Waals surface area contributed by atoms with Crippen LogP contribution in [0.5, 0.6) is 0 Å². The number of carbonyl (C=O) groups is 1. The summed E-state index contributed by atoms with van der Waals surface area (Å²) in [5.41, 5.74) is 1.08. The fourth-order valence-electron chi connectivity index (χ4n) is 2.55. The maximum Gasteiger partial charge on any atom is 0.269 e. The van der Waals surface area contributed by atoms with Gasteiger partial charge in [0.1, 0.15) is 0 Å². The van der Waals surface area contributed by atoms with Crippen LogP contribution >= 0.6 is 12.4 Å². The zero-order valence-electron chi connectivity index (χ0n) is 12.4. The lowest BCUT2D eigenvalue weighted by atomic mass is 9.94. The zero-order valence-corrected chi connectivity index (χ0v) is 13.2. The quantitative estimate of drug-likeness (QED) is 0.618. The number of non-ortho nitro benzene ring substituents is 1. The average Bonchev–Trinajstić information content (AvgIpc) is 2.49. The SMILES string of the molecule is Cl.O=C(CC1CCNCC1)NCCc1ccc([N+](=O)[O-])cc1. The molecule has 0 aromatic heterocycles. The van der Waals surface area contributed by atoms with Crippen LogP contribution in [0.1, 0.15) is 24.8 Å². The average molecular weight is 328 g/mol. The van der Waals surface area contributed by atoms with Crippen LogP contribution < -0.4 is 10.6 Å². The number of nitrogens with zero attached hydrogens (tertiary/aromatic N) is 1. The second kappa shape index (κ2) is 9.38. The van der Waals surface area contributed by atoms with Crippen LogP contribution in [0.2, 0.25) is 0 Å². The number of nitro benzene ring substituents is 1. The predicted molar refractivity (Wildman–Crippen MR) is 87.3 cm³/mol. The Morgan fingerprint density at radius 3 is 2.50 bits per heavy atom. The topological polar surface area (TPSA) is 84.3 Å². The van der Waals surface area contributed by atoms with Crippen molar-refractivity contribution in [2.75, 3.05) is 19.6 Å². The molecular formula is C15H22ClN3O3. The highest BCUT2D eigenvalue weighted by molar-refractivity contribution is 5.85. The van der Waals surface area contributed by atoms with Crippen molar-refractivity contribution in [1.82, 2.24) is 10.6 Å². The lowest BCUT2D eigenvalue weighted by Crippen LogP contribution is -2.33. The Morgan fingerprint density at radius 1 is 1.27 bits per heavy atom. The smallest absolute Gasteiger partial charge is 0.269 e. The van der Waals surface area contributed by atoms with E-state index in [1.54, 1.807) is 12.1 Å². The first-order chi connectivity index (χ1) is 10.1. The molecular weight excluding hydrogens is 306 g/mol. The molecule has 0 spiro atoms. The summed E-state index contributed by atoms with van der Waals surface area (Å²) in [6.07, 6.45) is 3.42. The summed E-state index contributed by atoms with van der Waals surface area (Å²) >= 11 is 0. The summed E-state index contributed by atoms with van der Waals surface area (Å²) in [5.74, 6) is 0.592. The van der Waals surface area contributed by atoms with Crippen LogP contribution in [-0.4, -0.2) is 30.5 Å². The van der Waals surface area contributed by atoms with Gasteiger partial charge >= 0.3 is 0 Å². The minimum Gasteiger partial charge on any atom is -0.356 e. The summed E-state index contributed by atoms with van der Waals surface area (Å²) < 4.78 is 0. The van der Waals surface area contributed by atoms with Crippen molar-refractivity contribution in [3.05, 3.63) is 39.9 Å². The molecule has 1 saturated heterocycles. The lowest BCUT2D eigenvalue weighted by Gasteiger charge is -2.21. The van der Waals surface area contributed by atoms with Crippen LogP contribution in [-0.2, 0) is 11.2 Å². The molecule has 1 aromatic rings. The molecule has 1 aromatic carbocycles. The van der Waals surface area contributed by atoms with Gasteiger partial charge in [-0.25, -0.2) is 0 Å². The van der Waals surface area contributed by atoms with Gasteiger partial charge in [0.25, 0.3) is 5.69 Å². The van der Waals surface area contributed by atoms with E-state index in [1.807, 2.05) is 0 Å². The minimum atomic E-state index is -0.412. The Balaban J connectivity index is 0.00000242. The van der Waals surface area contributed by atoms with E-state index < -0.39 is 4.92 Å². The number of nitrogens with one attached hydrogen (secondary N) is 2. The molecule has 0 atom stereocenters. The number of halogens is 1. The monoisotopic (exact) mass is 327 g/mol. The second-order valence-electron chi connectivity index (χ2n) is 5.42. The van der Waals surface area contributed by atoms with Crippen molar-refractivity contribution in [1.29, 1.82) is 0 Å². The van der Waals surface area contributed by atoms with Crippen LogP contribution in [0.25, 0.3) is 0 Å². The summed E-state index contributed by atoms with van der Waals surface area (Å²) in [7, 11) is 0. The van der Waals surface area contributed by atoms with Gasteiger partial charge in [-0.3, -0.25) is 14.9 Å². The number of hydrogen-bond donors (Lipinski definition) is 2. The van der Waals surface area contributed by atoms with E-state index >= 15 is 0 Å². The summed E-state index contributed by atoms with van der Waals surface area (Å²) in [5, 5.41) is 16.8. The molecule has 1 aliphatic rings. The number of hydrogen-bond acceptors (Lipinski definition) is 4. The van der Waals surface area contributed by atoms with Gasteiger partial charge in [0.05, 0.1) is 4.92 Å². The largest absolute Gasteiger partial charge is 0.356 e. The number of piperidine rings is 1. The third-order valence-electron chi connectivity index (χ3n) is 3.82. The highest BCUT2D eigenvalue weighted by Crippen LogP contribution is 2.15. The van der Waals surface area contributed by atoms with Crippen molar-refractivity contribution in [3.63, 3.8) is 0 Å².